The molecular formula is C20H30OSi2. The van der Waals surface area contributed by atoms with Gasteiger partial charge in [-0.1, -0.05) is 36.4 Å². The van der Waals surface area contributed by atoms with Crippen LogP contribution < -0.4 is 10.4 Å². The van der Waals surface area contributed by atoms with Crippen molar-refractivity contribution in [3.8, 4) is 0 Å². The van der Waals surface area contributed by atoms with Crippen LogP contribution in [0.15, 0.2) is 36.4 Å². The number of aryl methyl sites for hydroxylation is 3. The van der Waals surface area contributed by atoms with E-state index in [1.54, 1.807) is 0 Å². The third-order valence-electron chi connectivity index (χ3n) is 4.97. The third-order valence-corrected chi connectivity index (χ3v) is 12.6. The zero-order valence-corrected chi connectivity index (χ0v) is 17.9. The zero-order valence-electron chi connectivity index (χ0n) is 15.9. The molecule has 0 spiro atoms. The lowest BCUT2D eigenvalue weighted by molar-refractivity contribution is 0.573. The first kappa shape index (κ1) is 18.2. The van der Waals surface area contributed by atoms with Gasteiger partial charge in [-0.25, -0.2) is 0 Å². The predicted octanol–water partition coefficient (Wildman–Crippen LogP) is 4.46. The highest BCUT2D eigenvalue weighted by Gasteiger charge is 2.36. The minimum Gasteiger partial charge on any atom is -0.449 e. The second-order valence-corrected chi connectivity index (χ2v) is 15.6. The molecule has 0 bridgehead atoms. The highest BCUT2D eigenvalue weighted by molar-refractivity contribution is 6.97. The molecule has 2 rings (SSSR count). The molecule has 0 radical (unpaired) electrons. The minimum absolute atomic E-state index is 1.35. The summed E-state index contributed by atoms with van der Waals surface area (Å²) in [5, 5.41) is 2.83. The van der Waals surface area contributed by atoms with E-state index in [2.05, 4.69) is 90.3 Å². The van der Waals surface area contributed by atoms with E-state index in [4.69, 9.17) is 4.12 Å². The Labute approximate surface area is 144 Å². The van der Waals surface area contributed by atoms with Crippen LogP contribution >= 0.6 is 0 Å². The van der Waals surface area contributed by atoms with Crippen LogP contribution in [-0.4, -0.2) is 16.6 Å². The number of hydrogen-bond donors (Lipinski definition) is 0. The summed E-state index contributed by atoms with van der Waals surface area (Å²) in [4.78, 5) is 0. The Morgan fingerprint density at radius 3 is 1.96 bits per heavy atom. The molecule has 2 aromatic carbocycles. The van der Waals surface area contributed by atoms with Gasteiger partial charge in [0.25, 0.3) is 0 Å². The SMILES string of the molecule is Cc1ccc([Si](C)(C)O[Si](C)(C)c2cccc(C)c2C)cc1C. The second kappa shape index (κ2) is 6.38. The van der Waals surface area contributed by atoms with Crippen molar-refractivity contribution in [2.75, 3.05) is 0 Å². The lowest BCUT2D eigenvalue weighted by Crippen LogP contribution is -2.58. The average Bonchev–Trinajstić information content (AvgIpc) is 2.43. The van der Waals surface area contributed by atoms with Gasteiger partial charge in [-0.3, -0.25) is 0 Å². The highest BCUT2D eigenvalue weighted by Crippen LogP contribution is 2.19. The van der Waals surface area contributed by atoms with Crippen molar-refractivity contribution in [1.82, 2.24) is 0 Å². The summed E-state index contributed by atoms with van der Waals surface area (Å²) in [7, 11) is -3.87. The van der Waals surface area contributed by atoms with Crippen LogP contribution in [0.5, 0.6) is 0 Å². The van der Waals surface area contributed by atoms with Gasteiger partial charge in [0.2, 0.25) is 16.6 Å². The number of benzene rings is 2. The molecule has 0 unspecified atom stereocenters. The van der Waals surface area contributed by atoms with E-state index in [1.165, 1.54) is 32.6 Å². The van der Waals surface area contributed by atoms with Gasteiger partial charge in [0.05, 0.1) is 0 Å². The van der Waals surface area contributed by atoms with E-state index >= 15 is 0 Å². The average molecular weight is 343 g/mol. The maximum absolute atomic E-state index is 6.91. The van der Waals surface area contributed by atoms with Crippen molar-refractivity contribution in [1.29, 1.82) is 0 Å². The van der Waals surface area contributed by atoms with Gasteiger partial charge < -0.3 is 4.12 Å². The monoisotopic (exact) mass is 342 g/mol. The largest absolute Gasteiger partial charge is 0.449 e. The highest BCUT2D eigenvalue weighted by atomic mass is 28.4. The van der Waals surface area contributed by atoms with E-state index in [-0.39, 0.29) is 0 Å². The van der Waals surface area contributed by atoms with Gasteiger partial charge in [0, 0.05) is 0 Å². The maximum atomic E-state index is 6.91. The molecule has 3 heteroatoms. The first-order valence-electron chi connectivity index (χ1n) is 8.39. The fourth-order valence-corrected chi connectivity index (χ4v) is 11.9. The Balaban J connectivity index is 2.37. The second-order valence-electron chi connectivity index (χ2n) is 7.67. The van der Waals surface area contributed by atoms with E-state index in [9.17, 15) is 0 Å². The number of hydrogen-bond acceptors (Lipinski definition) is 1. The van der Waals surface area contributed by atoms with Crippen LogP contribution in [0, 0.1) is 27.7 Å². The van der Waals surface area contributed by atoms with Crippen LogP contribution in [0.25, 0.3) is 0 Å². The standard InChI is InChI=1S/C20H30OSi2/c1-15-12-13-19(14-17(15)3)22(5,6)21-23(7,8)20-11-9-10-16(2)18(20)4/h9-14H,1-8H3. The lowest BCUT2D eigenvalue weighted by Gasteiger charge is -2.36. The quantitative estimate of drug-likeness (QED) is 0.745. The van der Waals surface area contributed by atoms with Crippen LogP contribution in [0.2, 0.25) is 26.2 Å². The Kier molecular flexibility index (Phi) is 5.04. The number of rotatable bonds is 4. The van der Waals surface area contributed by atoms with E-state index < -0.39 is 16.6 Å². The molecule has 0 aliphatic rings. The molecule has 23 heavy (non-hydrogen) atoms. The van der Waals surface area contributed by atoms with Crippen molar-refractivity contribution in [3.05, 3.63) is 58.7 Å². The fourth-order valence-electron chi connectivity index (χ4n) is 3.27. The van der Waals surface area contributed by atoms with Crippen molar-refractivity contribution in [2.45, 2.75) is 53.9 Å². The molecule has 0 atom stereocenters. The Bertz CT molecular complexity index is 718. The summed E-state index contributed by atoms with van der Waals surface area (Å²) in [6, 6.07) is 13.4. The normalized spacial score (nSPS) is 12.5. The summed E-state index contributed by atoms with van der Waals surface area (Å²) in [6.45, 7) is 18.1. The Morgan fingerprint density at radius 1 is 0.696 bits per heavy atom. The molecule has 0 heterocycles. The van der Waals surface area contributed by atoms with Gasteiger partial charge in [-0.2, -0.15) is 0 Å². The van der Waals surface area contributed by atoms with E-state index in [0.29, 0.717) is 0 Å². The summed E-state index contributed by atoms with van der Waals surface area (Å²) in [5.74, 6) is 0. The summed E-state index contributed by atoms with van der Waals surface area (Å²) in [6.07, 6.45) is 0. The molecule has 0 N–H and O–H groups in total. The molecule has 1 nitrogen and oxygen atoms in total. The Morgan fingerprint density at radius 2 is 1.35 bits per heavy atom. The molecule has 0 amide bonds. The molecule has 0 saturated carbocycles. The minimum atomic E-state index is -1.94. The summed E-state index contributed by atoms with van der Waals surface area (Å²) in [5.41, 5.74) is 5.47. The first-order chi connectivity index (χ1) is 10.5. The van der Waals surface area contributed by atoms with E-state index in [0.717, 1.165) is 0 Å². The van der Waals surface area contributed by atoms with E-state index in [1.807, 2.05) is 0 Å². The predicted molar refractivity (Wildman–Crippen MR) is 107 cm³/mol. The Hall–Kier alpha value is -1.17. The molecule has 2 aromatic rings. The summed E-state index contributed by atoms with van der Waals surface area (Å²) >= 11 is 0. The molecular weight excluding hydrogens is 312 g/mol. The molecule has 124 valence electrons. The first-order valence-corrected chi connectivity index (χ1v) is 14.2. The van der Waals surface area contributed by atoms with Gasteiger partial charge in [-0.05, 0) is 86.5 Å². The maximum Gasteiger partial charge on any atom is 0.206 e. The fraction of sp³-hybridized carbons (Fsp3) is 0.400. The third kappa shape index (κ3) is 3.85. The molecule has 0 aliphatic heterocycles. The van der Waals surface area contributed by atoms with Gasteiger partial charge in [0.1, 0.15) is 0 Å². The van der Waals surface area contributed by atoms with Crippen molar-refractivity contribution < 1.29 is 4.12 Å². The smallest absolute Gasteiger partial charge is 0.206 e. The van der Waals surface area contributed by atoms with Crippen molar-refractivity contribution >= 4 is 27.0 Å². The zero-order chi connectivity index (χ0) is 17.4. The molecule has 0 aromatic heterocycles. The van der Waals surface area contributed by atoms with Crippen LogP contribution in [-0.2, 0) is 4.12 Å². The molecule has 0 saturated heterocycles. The topological polar surface area (TPSA) is 9.23 Å². The van der Waals surface area contributed by atoms with Crippen LogP contribution in [0.3, 0.4) is 0 Å². The van der Waals surface area contributed by atoms with Gasteiger partial charge >= 0.3 is 0 Å². The molecule has 0 aliphatic carbocycles. The van der Waals surface area contributed by atoms with Gasteiger partial charge in [0.15, 0.2) is 0 Å². The lowest BCUT2D eigenvalue weighted by atomic mass is 10.1. The van der Waals surface area contributed by atoms with Crippen molar-refractivity contribution in [3.63, 3.8) is 0 Å². The van der Waals surface area contributed by atoms with Crippen molar-refractivity contribution in [2.24, 2.45) is 0 Å². The summed E-state index contributed by atoms with van der Waals surface area (Å²) < 4.78 is 6.91. The molecule has 0 fully saturated rings. The van der Waals surface area contributed by atoms with Crippen LogP contribution in [0.1, 0.15) is 22.3 Å². The van der Waals surface area contributed by atoms with Gasteiger partial charge in [-0.15, -0.1) is 0 Å². The van der Waals surface area contributed by atoms with Crippen LogP contribution in [0.4, 0.5) is 0 Å².